The molecule has 2 heterocycles. The molecule has 1 amide bonds. The monoisotopic (exact) mass is 522 g/mol. The highest BCUT2D eigenvalue weighted by molar-refractivity contribution is 8.00. The fourth-order valence-corrected chi connectivity index (χ4v) is 5.48. The molecule has 3 aromatic carbocycles. The smallest absolute Gasteiger partial charge is 0.234 e. The number of hydrogen-bond acceptors (Lipinski definition) is 5. The molecule has 0 bridgehead atoms. The molecule has 0 saturated heterocycles. The molecule has 5 rings (SSSR count). The van der Waals surface area contributed by atoms with Gasteiger partial charge < -0.3 is 10.1 Å². The van der Waals surface area contributed by atoms with Crippen LogP contribution in [0.5, 0.6) is 5.75 Å². The van der Waals surface area contributed by atoms with Gasteiger partial charge in [0.05, 0.1) is 18.1 Å². The van der Waals surface area contributed by atoms with Crippen LogP contribution in [0.25, 0.3) is 16.8 Å². The van der Waals surface area contributed by atoms with Gasteiger partial charge in [0.2, 0.25) is 5.91 Å². The quantitative estimate of drug-likeness (QED) is 0.172. The van der Waals surface area contributed by atoms with Gasteiger partial charge in [-0.2, -0.15) is 5.10 Å². The molecular formula is C31H30N4O2S. The molecule has 0 aliphatic rings. The third kappa shape index (κ3) is 5.58. The number of hydrogen-bond donors (Lipinski definition) is 1. The van der Waals surface area contributed by atoms with Crippen LogP contribution >= 0.6 is 11.8 Å². The molecule has 0 unspecified atom stereocenters. The number of fused-ring (bicyclic) bond motifs is 1. The molecule has 7 heteroatoms. The van der Waals surface area contributed by atoms with Crippen molar-refractivity contribution in [1.29, 1.82) is 0 Å². The van der Waals surface area contributed by atoms with Crippen molar-refractivity contribution < 1.29 is 9.53 Å². The third-order valence-corrected chi connectivity index (χ3v) is 7.37. The zero-order valence-electron chi connectivity index (χ0n) is 21.8. The number of rotatable bonds is 9. The summed E-state index contributed by atoms with van der Waals surface area (Å²) in [6.07, 6.45) is 0.706. The van der Waals surface area contributed by atoms with Gasteiger partial charge >= 0.3 is 0 Å². The molecule has 0 saturated carbocycles. The predicted octanol–water partition coefficient (Wildman–Crippen LogP) is 6.73. The van der Waals surface area contributed by atoms with Crippen molar-refractivity contribution in [2.75, 3.05) is 17.7 Å². The first-order valence-electron chi connectivity index (χ1n) is 12.7. The summed E-state index contributed by atoms with van der Waals surface area (Å²) in [5.41, 5.74) is 7.73. The summed E-state index contributed by atoms with van der Waals surface area (Å²) in [7, 11) is 0. The normalized spacial score (nSPS) is 11.0. The van der Waals surface area contributed by atoms with Crippen molar-refractivity contribution in [2.45, 2.75) is 32.2 Å². The van der Waals surface area contributed by atoms with Gasteiger partial charge in [0, 0.05) is 28.9 Å². The largest absolute Gasteiger partial charge is 0.494 e. The van der Waals surface area contributed by atoms with Crippen LogP contribution in [0.2, 0.25) is 0 Å². The number of ether oxygens (including phenoxy) is 1. The fourth-order valence-electron chi connectivity index (χ4n) is 4.50. The Bertz CT molecular complexity index is 1550. The third-order valence-electron chi connectivity index (χ3n) is 6.27. The lowest BCUT2D eigenvalue weighted by Crippen LogP contribution is -2.15. The first-order chi connectivity index (χ1) is 18.5. The predicted molar refractivity (Wildman–Crippen MR) is 154 cm³/mol. The number of nitrogens with zero attached hydrogens (tertiary/aromatic N) is 3. The molecule has 2 aromatic heterocycles. The van der Waals surface area contributed by atoms with Gasteiger partial charge in [-0.3, -0.25) is 4.79 Å². The van der Waals surface area contributed by atoms with Crippen LogP contribution in [-0.2, 0) is 11.2 Å². The zero-order chi connectivity index (χ0) is 26.5. The number of anilines is 1. The summed E-state index contributed by atoms with van der Waals surface area (Å²) >= 11 is 1.49. The Hall–Kier alpha value is -4.10. The van der Waals surface area contributed by atoms with Gasteiger partial charge in [0.15, 0.2) is 5.65 Å². The second-order valence-corrected chi connectivity index (χ2v) is 9.96. The average Bonchev–Trinajstić information content (AvgIpc) is 3.26. The lowest BCUT2D eigenvalue weighted by Gasteiger charge is -2.15. The van der Waals surface area contributed by atoms with Gasteiger partial charge in [-0.1, -0.05) is 72.4 Å². The van der Waals surface area contributed by atoms with Gasteiger partial charge in [-0.05, 0) is 56.2 Å². The highest BCUT2D eigenvalue weighted by Crippen LogP contribution is 2.34. The van der Waals surface area contributed by atoms with Crippen molar-refractivity contribution >= 4 is 29.0 Å². The van der Waals surface area contributed by atoms with Crippen molar-refractivity contribution in [3.63, 3.8) is 0 Å². The fraction of sp³-hybridized carbons (Fsp3) is 0.194. The van der Waals surface area contributed by atoms with Gasteiger partial charge in [-0.25, -0.2) is 9.50 Å². The maximum absolute atomic E-state index is 13.0. The number of thioether (sulfide) groups is 1. The van der Waals surface area contributed by atoms with E-state index in [0.29, 0.717) is 13.0 Å². The van der Waals surface area contributed by atoms with E-state index in [4.69, 9.17) is 14.8 Å². The summed E-state index contributed by atoms with van der Waals surface area (Å²) in [6, 6.07) is 28.0. The van der Waals surface area contributed by atoms with Crippen molar-refractivity contribution in [3.05, 3.63) is 107 Å². The Labute approximate surface area is 227 Å². The Kier molecular flexibility index (Phi) is 7.75. The topological polar surface area (TPSA) is 68.5 Å². The molecular weight excluding hydrogens is 492 g/mol. The molecule has 0 radical (unpaired) electrons. The van der Waals surface area contributed by atoms with Gasteiger partial charge in [0.25, 0.3) is 0 Å². The van der Waals surface area contributed by atoms with Crippen LogP contribution in [0.4, 0.5) is 5.69 Å². The van der Waals surface area contributed by atoms with E-state index in [1.54, 1.807) is 0 Å². The van der Waals surface area contributed by atoms with E-state index in [-0.39, 0.29) is 11.7 Å². The Balaban J connectivity index is 1.49. The maximum Gasteiger partial charge on any atom is 0.234 e. The lowest BCUT2D eigenvalue weighted by atomic mass is 10.0. The van der Waals surface area contributed by atoms with Crippen LogP contribution in [0.1, 0.15) is 29.4 Å². The van der Waals surface area contributed by atoms with Crippen molar-refractivity contribution in [2.24, 2.45) is 0 Å². The van der Waals surface area contributed by atoms with E-state index < -0.39 is 0 Å². The average molecular weight is 523 g/mol. The second kappa shape index (κ2) is 11.5. The molecule has 5 aromatic rings. The lowest BCUT2D eigenvalue weighted by molar-refractivity contribution is -0.113. The summed E-state index contributed by atoms with van der Waals surface area (Å²) in [5.74, 6) is 0.940. The van der Waals surface area contributed by atoms with Crippen LogP contribution in [0, 0.1) is 13.8 Å². The molecule has 6 nitrogen and oxygen atoms in total. The summed E-state index contributed by atoms with van der Waals surface area (Å²) in [5, 5.41) is 8.84. The van der Waals surface area contributed by atoms with E-state index in [1.807, 2.05) is 86.0 Å². The minimum absolute atomic E-state index is 0.0837. The number of amides is 1. The van der Waals surface area contributed by atoms with Crippen molar-refractivity contribution in [1.82, 2.24) is 14.6 Å². The Morgan fingerprint density at radius 2 is 1.61 bits per heavy atom. The van der Waals surface area contributed by atoms with Gasteiger partial charge in [0.1, 0.15) is 10.8 Å². The first kappa shape index (κ1) is 25.5. The number of nitrogens with one attached hydrogen (secondary N) is 1. The molecule has 0 aliphatic heterocycles. The SMILES string of the molecule is CCOc1ccc(NC(=O)CSc2c(Cc3ccccc3)c(C)nc3c(-c4ccccc4)c(C)nn23)cc1. The molecule has 192 valence electrons. The van der Waals surface area contributed by atoms with Gasteiger partial charge in [-0.15, -0.1) is 0 Å². The van der Waals surface area contributed by atoms with Crippen LogP contribution in [0.15, 0.2) is 90.0 Å². The van der Waals surface area contributed by atoms with Crippen LogP contribution in [0.3, 0.4) is 0 Å². The van der Waals surface area contributed by atoms with E-state index in [0.717, 1.165) is 50.2 Å². The number of carbonyl (C=O) groups excluding carboxylic acids is 1. The number of carbonyl (C=O) groups is 1. The Morgan fingerprint density at radius 1 is 0.921 bits per heavy atom. The number of aryl methyl sites for hydroxylation is 2. The van der Waals surface area contributed by atoms with E-state index in [2.05, 4.69) is 29.6 Å². The minimum Gasteiger partial charge on any atom is -0.494 e. The molecule has 1 N–H and O–H groups in total. The highest BCUT2D eigenvalue weighted by atomic mass is 32.2. The molecule has 0 spiro atoms. The Morgan fingerprint density at radius 3 is 2.29 bits per heavy atom. The van der Waals surface area contributed by atoms with Crippen LogP contribution in [-0.4, -0.2) is 32.9 Å². The summed E-state index contributed by atoms with van der Waals surface area (Å²) in [6.45, 7) is 6.60. The summed E-state index contributed by atoms with van der Waals surface area (Å²) < 4.78 is 7.41. The second-order valence-electron chi connectivity index (χ2n) is 9.00. The molecule has 0 atom stereocenters. The standard InChI is InChI=1S/C31H30N4O2S/c1-4-37-26-17-15-25(16-18-26)33-28(36)20-38-31-27(19-23-11-7-5-8-12-23)21(2)32-30-29(22(3)34-35(30)31)24-13-9-6-10-14-24/h5-18H,4,19-20H2,1-3H3,(H,33,36). The minimum atomic E-state index is -0.0837. The van der Waals surface area contributed by atoms with E-state index in [9.17, 15) is 4.79 Å². The number of benzene rings is 3. The van der Waals surface area contributed by atoms with Crippen molar-refractivity contribution in [3.8, 4) is 16.9 Å². The zero-order valence-corrected chi connectivity index (χ0v) is 22.6. The first-order valence-corrected chi connectivity index (χ1v) is 13.7. The molecule has 38 heavy (non-hydrogen) atoms. The molecule has 0 fully saturated rings. The van der Waals surface area contributed by atoms with E-state index >= 15 is 0 Å². The highest BCUT2D eigenvalue weighted by Gasteiger charge is 2.21. The van der Waals surface area contributed by atoms with E-state index in [1.165, 1.54) is 17.3 Å². The maximum atomic E-state index is 13.0. The van der Waals surface area contributed by atoms with Crippen LogP contribution < -0.4 is 10.1 Å². The summed E-state index contributed by atoms with van der Waals surface area (Å²) in [4.78, 5) is 18.0. The number of aromatic nitrogens is 3. The molecule has 0 aliphatic carbocycles.